The predicted octanol–water partition coefficient (Wildman–Crippen LogP) is 1.84. The second-order valence-electron chi connectivity index (χ2n) is 4.35. The summed E-state index contributed by atoms with van der Waals surface area (Å²) in [6.45, 7) is 5.01. The number of cyclic esters (lactones) is 1. The van der Waals surface area contributed by atoms with Gasteiger partial charge in [-0.2, -0.15) is 0 Å². The number of rotatable bonds is 0. The molecule has 0 radical (unpaired) electrons. The van der Waals surface area contributed by atoms with Crippen LogP contribution in [0.3, 0.4) is 0 Å². The third-order valence-electron chi connectivity index (χ3n) is 3.52. The molecule has 1 aliphatic carbocycles. The van der Waals surface area contributed by atoms with E-state index in [1.807, 2.05) is 0 Å². The number of carbonyl (C=O) groups excluding carboxylic acids is 1. The Bertz CT molecular complexity index is 200. The summed E-state index contributed by atoms with van der Waals surface area (Å²) in [6, 6.07) is 0. The maximum atomic E-state index is 11.4. The maximum absolute atomic E-state index is 11.4. The van der Waals surface area contributed by atoms with Crippen molar-refractivity contribution in [1.29, 1.82) is 0 Å². The highest BCUT2D eigenvalue weighted by molar-refractivity contribution is 5.74. The van der Waals surface area contributed by atoms with Gasteiger partial charge in [-0.1, -0.05) is 13.8 Å². The Hall–Kier alpha value is -0.530. The summed E-state index contributed by atoms with van der Waals surface area (Å²) in [5.74, 6) is 2.01. The fourth-order valence-corrected chi connectivity index (χ4v) is 2.72. The first-order valence-corrected chi connectivity index (χ1v) is 4.87. The average molecular weight is 168 g/mol. The van der Waals surface area contributed by atoms with E-state index in [2.05, 4.69) is 13.8 Å². The molecule has 12 heavy (non-hydrogen) atoms. The second-order valence-corrected chi connectivity index (χ2v) is 4.35. The fourth-order valence-electron chi connectivity index (χ4n) is 2.72. The number of fused-ring (bicyclic) bond motifs is 1. The van der Waals surface area contributed by atoms with Crippen LogP contribution in [0.2, 0.25) is 0 Å². The molecule has 0 unspecified atom stereocenters. The van der Waals surface area contributed by atoms with Crippen molar-refractivity contribution in [3.63, 3.8) is 0 Å². The number of ether oxygens (including phenoxy) is 1. The molecule has 4 atom stereocenters. The fraction of sp³-hybridized carbons (Fsp3) is 0.900. The molecule has 0 N–H and O–H groups in total. The Morgan fingerprint density at radius 1 is 1.25 bits per heavy atom. The highest BCUT2D eigenvalue weighted by Gasteiger charge is 2.45. The van der Waals surface area contributed by atoms with Crippen LogP contribution in [0.1, 0.15) is 26.7 Å². The van der Waals surface area contributed by atoms with E-state index in [4.69, 9.17) is 4.74 Å². The summed E-state index contributed by atoms with van der Waals surface area (Å²) in [7, 11) is 0. The zero-order valence-corrected chi connectivity index (χ0v) is 7.75. The molecule has 0 amide bonds. The molecular formula is C10H16O2. The lowest BCUT2D eigenvalue weighted by molar-refractivity contribution is -0.160. The van der Waals surface area contributed by atoms with Gasteiger partial charge < -0.3 is 4.74 Å². The van der Waals surface area contributed by atoms with Crippen LogP contribution in [0.15, 0.2) is 0 Å². The van der Waals surface area contributed by atoms with Crippen LogP contribution in [0.4, 0.5) is 0 Å². The van der Waals surface area contributed by atoms with Crippen molar-refractivity contribution < 1.29 is 9.53 Å². The molecule has 1 aliphatic heterocycles. The average Bonchev–Trinajstić information content (AvgIpc) is 2.42. The molecule has 2 fully saturated rings. The van der Waals surface area contributed by atoms with E-state index < -0.39 is 0 Å². The second kappa shape index (κ2) is 2.75. The van der Waals surface area contributed by atoms with E-state index in [0.29, 0.717) is 24.4 Å². The lowest BCUT2D eigenvalue weighted by Crippen LogP contribution is -2.37. The standard InChI is InChI=1S/C10H16O2/c1-6-3-4-8-7(2)5-12-10(11)9(6)8/h6-9H,3-5H2,1-2H3/t6-,7-,8+,9-/m0/s1. The van der Waals surface area contributed by atoms with Gasteiger partial charge >= 0.3 is 5.97 Å². The third-order valence-corrected chi connectivity index (χ3v) is 3.52. The molecule has 0 bridgehead atoms. The molecule has 0 spiro atoms. The van der Waals surface area contributed by atoms with Gasteiger partial charge in [0.05, 0.1) is 12.5 Å². The van der Waals surface area contributed by atoms with Gasteiger partial charge in [-0.15, -0.1) is 0 Å². The zero-order valence-electron chi connectivity index (χ0n) is 7.75. The van der Waals surface area contributed by atoms with Crippen molar-refractivity contribution in [2.24, 2.45) is 23.7 Å². The van der Waals surface area contributed by atoms with Crippen LogP contribution in [0, 0.1) is 23.7 Å². The predicted molar refractivity (Wildman–Crippen MR) is 45.5 cm³/mol. The van der Waals surface area contributed by atoms with E-state index in [1.165, 1.54) is 12.8 Å². The number of hydrogen-bond donors (Lipinski definition) is 0. The van der Waals surface area contributed by atoms with Crippen LogP contribution in [-0.4, -0.2) is 12.6 Å². The molecule has 1 heterocycles. The molecule has 2 heteroatoms. The minimum atomic E-state index is 0.0584. The minimum absolute atomic E-state index is 0.0584. The smallest absolute Gasteiger partial charge is 0.309 e. The van der Waals surface area contributed by atoms with Gasteiger partial charge in [-0.25, -0.2) is 0 Å². The van der Waals surface area contributed by atoms with Crippen LogP contribution in [0.25, 0.3) is 0 Å². The Kier molecular flexibility index (Phi) is 1.85. The van der Waals surface area contributed by atoms with Crippen LogP contribution >= 0.6 is 0 Å². The molecule has 2 rings (SSSR count). The topological polar surface area (TPSA) is 26.3 Å². The third kappa shape index (κ3) is 1.05. The minimum Gasteiger partial charge on any atom is -0.465 e. The van der Waals surface area contributed by atoms with Gasteiger partial charge in [0, 0.05) is 0 Å². The molecule has 1 saturated carbocycles. The number of hydrogen-bond acceptors (Lipinski definition) is 2. The maximum Gasteiger partial charge on any atom is 0.309 e. The Labute approximate surface area is 73.3 Å². The zero-order chi connectivity index (χ0) is 8.72. The van der Waals surface area contributed by atoms with Crippen LogP contribution < -0.4 is 0 Å². The van der Waals surface area contributed by atoms with Crippen molar-refractivity contribution in [2.75, 3.05) is 6.61 Å². The number of esters is 1. The first-order chi connectivity index (χ1) is 5.70. The van der Waals surface area contributed by atoms with Crippen LogP contribution in [-0.2, 0) is 9.53 Å². The molecule has 68 valence electrons. The largest absolute Gasteiger partial charge is 0.465 e. The molecule has 0 aromatic heterocycles. The molecular weight excluding hydrogens is 152 g/mol. The van der Waals surface area contributed by atoms with Gasteiger partial charge in [0.25, 0.3) is 0 Å². The molecule has 0 aromatic rings. The first-order valence-electron chi connectivity index (χ1n) is 4.87. The Morgan fingerprint density at radius 2 is 2.00 bits per heavy atom. The van der Waals surface area contributed by atoms with E-state index >= 15 is 0 Å². The van der Waals surface area contributed by atoms with Gasteiger partial charge in [0.15, 0.2) is 0 Å². The van der Waals surface area contributed by atoms with E-state index in [1.54, 1.807) is 0 Å². The van der Waals surface area contributed by atoms with Gasteiger partial charge in [0.2, 0.25) is 0 Å². The lowest BCUT2D eigenvalue weighted by atomic mass is 9.81. The Balaban J connectivity index is 2.18. The summed E-state index contributed by atoms with van der Waals surface area (Å²) in [6.07, 6.45) is 2.43. The highest BCUT2D eigenvalue weighted by Crippen LogP contribution is 2.44. The quantitative estimate of drug-likeness (QED) is 0.516. The SMILES string of the molecule is C[C@H]1COC(=O)[C@@H]2[C@@H]1CC[C@@H]2C. The molecule has 2 aliphatic rings. The summed E-state index contributed by atoms with van der Waals surface area (Å²) >= 11 is 0. The van der Waals surface area contributed by atoms with Gasteiger partial charge in [-0.3, -0.25) is 4.79 Å². The Morgan fingerprint density at radius 3 is 2.67 bits per heavy atom. The van der Waals surface area contributed by atoms with Gasteiger partial charge in [-0.05, 0) is 30.6 Å². The first kappa shape index (κ1) is 8.09. The van der Waals surface area contributed by atoms with Crippen LogP contribution in [0.5, 0.6) is 0 Å². The van der Waals surface area contributed by atoms with Crippen molar-refractivity contribution in [2.45, 2.75) is 26.7 Å². The van der Waals surface area contributed by atoms with Crippen molar-refractivity contribution >= 4 is 5.97 Å². The summed E-state index contributed by atoms with van der Waals surface area (Å²) in [5, 5.41) is 0. The monoisotopic (exact) mass is 168 g/mol. The van der Waals surface area contributed by atoms with Gasteiger partial charge in [0.1, 0.15) is 0 Å². The summed E-state index contributed by atoms with van der Waals surface area (Å²) in [4.78, 5) is 11.4. The van der Waals surface area contributed by atoms with E-state index in [-0.39, 0.29) is 11.9 Å². The summed E-state index contributed by atoms with van der Waals surface area (Å²) < 4.78 is 5.14. The molecule has 1 saturated heterocycles. The normalized spacial score (nSPS) is 47.0. The van der Waals surface area contributed by atoms with Crippen molar-refractivity contribution in [3.8, 4) is 0 Å². The number of carbonyl (C=O) groups is 1. The van der Waals surface area contributed by atoms with E-state index in [9.17, 15) is 4.79 Å². The summed E-state index contributed by atoms with van der Waals surface area (Å²) in [5.41, 5.74) is 0. The van der Waals surface area contributed by atoms with Crippen molar-refractivity contribution in [3.05, 3.63) is 0 Å². The lowest BCUT2D eigenvalue weighted by Gasteiger charge is -2.31. The van der Waals surface area contributed by atoms with E-state index in [0.717, 1.165) is 0 Å². The highest BCUT2D eigenvalue weighted by atomic mass is 16.5. The van der Waals surface area contributed by atoms with Crippen molar-refractivity contribution in [1.82, 2.24) is 0 Å². The molecule has 2 nitrogen and oxygen atoms in total. The molecule has 0 aromatic carbocycles.